The number of nitrogens with two attached hydrogens (primary N) is 1. The maximum absolute atomic E-state index is 6.33. The van der Waals surface area contributed by atoms with Crippen LogP contribution in [0.1, 0.15) is 35.7 Å². The van der Waals surface area contributed by atoms with Crippen LogP contribution in [0.2, 0.25) is 0 Å². The van der Waals surface area contributed by atoms with Crippen LogP contribution in [-0.4, -0.2) is 9.55 Å². The fraction of sp³-hybridized carbons (Fsp3) is 0.353. The van der Waals surface area contributed by atoms with Gasteiger partial charge in [-0.3, -0.25) is 0 Å². The second kappa shape index (κ2) is 4.72. The summed E-state index contributed by atoms with van der Waals surface area (Å²) in [5, 5.41) is 0. The van der Waals surface area contributed by atoms with E-state index in [9.17, 15) is 0 Å². The first-order valence-electron chi connectivity index (χ1n) is 6.99. The molecule has 0 saturated heterocycles. The highest BCUT2D eigenvalue weighted by Gasteiger charge is 2.31. The lowest BCUT2D eigenvalue weighted by Gasteiger charge is -2.08. The molecule has 1 saturated carbocycles. The van der Waals surface area contributed by atoms with E-state index in [1.165, 1.54) is 24.0 Å². The first-order valence-corrected chi connectivity index (χ1v) is 6.99. The predicted octanol–water partition coefficient (Wildman–Crippen LogP) is 3.26. The van der Waals surface area contributed by atoms with Crippen molar-refractivity contribution < 1.29 is 0 Å². The molecule has 102 valence electrons. The number of anilines is 1. The van der Waals surface area contributed by atoms with Crippen LogP contribution >= 0.6 is 0 Å². The maximum Gasteiger partial charge on any atom is 0.132 e. The molecule has 0 aliphatic heterocycles. The number of nitrogens with zero attached hydrogens (tertiary/aromatic N) is 2. The van der Waals surface area contributed by atoms with E-state index >= 15 is 0 Å². The Balaban J connectivity index is 2.20. The number of aryl methyl sites for hydroxylation is 2. The Bertz CT molecular complexity index is 680. The number of rotatable bonds is 3. The number of imidazole rings is 1. The molecular formula is C17H19N3. The summed E-state index contributed by atoms with van der Waals surface area (Å²) in [6.07, 6.45) is 7.85. The average molecular weight is 265 g/mol. The predicted molar refractivity (Wildman–Crippen MR) is 82.4 cm³/mol. The van der Waals surface area contributed by atoms with Gasteiger partial charge in [-0.05, 0) is 37.8 Å². The lowest BCUT2D eigenvalue weighted by atomic mass is 10.0. The molecule has 2 aromatic rings. The molecule has 3 nitrogen and oxygen atoms in total. The van der Waals surface area contributed by atoms with Crippen molar-refractivity contribution in [2.75, 3.05) is 5.73 Å². The van der Waals surface area contributed by atoms with Gasteiger partial charge in [0.1, 0.15) is 17.3 Å². The lowest BCUT2D eigenvalue weighted by molar-refractivity contribution is 0.762. The first-order chi connectivity index (χ1) is 9.63. The van der Waals surface area contributed by atoms with E-state index in [0.717, 1.165) is 17.1 Å². The minimum absolute atomic E-state index is 0.496. The number of hydrogen-bond donors (Lipinski definition) is 1. The molecule has 20 heavy (non-hydrogen) atoms. The third kappa shape index (κ3) is 1.98. The summed E-state index contributed by atoms with van der Waals surface area (Å²) >= 11 is 0. The van der Waals surface area contributed by atoms with E-state index in [1.807, 2.05) is 4.57 Å². The topological polar surface area (TPSA) is 43.8 Å². The standard InChI is InChI=1S/C17H19N3/c1-4-10-20-16(18)15(19-17(20)13-8-9-13)14-11(2)6-5-7-12(14)3/h1,5-7,13H,8-10,18H2,2-3H3. The van der Waals surface area contributed by atoms with Crippen LogP contribution < -0.4 is 5.73 Å². The summed E-state index contributed by atoms with van der Waals surface area (Å²) in [5.74, 6) is 4.97. The van der Waals surface area contributed by atoms with Crippen LogP contribution in [0.15, 0.2) is 18.2 Å². The highest BCUT2D eigenvalue weighted by molar-refractivity contribution is 5.76. The molecule has 3 heteroatoms. The van der Waals surface area contributed by atoms with Gasteiger partial charge in [-0.2, -0.15) is 0 Å². The average Bonchev–Trinajstić information content (AvgIpc) is 3.20. The van der Waals surface area contributed by atoms with Crippen molar-refractivity contribution in [3.05, 3.63) is 35.2 Å². The van der Waals surface area contributed by atoms with Crippen molar-refractivity contribution in [1.29, 1.82) is 0 Å². The van der Waals surface area contributed by atoms with Crippen molar-refractivity contribution in [3.63, 3.8) is 0 Å². The SMILES string of the molecule is C#CCn1c(C2CC2)nc(-c2c(C)cccc2C)c1N. The largest absolute Gasteiger partial charge is 0.383 e. The molecular weight excluding hydrogens is 246 g/mol. The molecule has 1 aliphatic rings. The summed E-state index contributed by atoms with van der Waals surface area (Å²) in [7, 11) is 0. The van der Waals surface area contributed by atoms with Crippen LogP contribution in [0.4, 0.5) is 5.82 Å². The molecule has 1 fully saturated rings. The van der Waals surface area contributed by atoms with Crippen LogP contribution in [0.25, 0.3) is 11.3 Å². The van der Waals surface area contributed by atoms with Crippen LogP contribution in [0.3, 0.4) is 0 Å². The number of terminal acetylenes is 1. The van der Waals surface area contributed by atoms with Gasteiger partial charge >= 0.3 is 0 Å². The van der Waals surface area contributed by atoms with Crippen molar-refractivity contribution in [1.82, 2.24) is 9.55 Å². The zero-order chi connectivity index (χ0) is 14.3. The zero-order valence-electron chi connectivity index (χ0n) is 12.0. The van der Waals surface area contributed by atoms with E-state index in [4.69, 9.17) is 17.1 Å². The van der Waals surface area contributed by atoms with E-state index in [2.05, 4.69) is 38.0 Å². The fourth-order valence-corrected chi connectivity index (χ4v) is 2.77. The quantitative estimate of drug-likeness (QED) is 0.866. The molecule has 0 radical (unpaired) electrons. The number of aromatic nitrogens is 2. The Morgan fingerprint density at radius 2 is 2.00 bits per heavy atom. The molecule has 1 aromatic heterocycles. The minimum Gasteiger partial charge on any atom is -0.383 e. The summed E-state index contributed by atoms with van der Waals surface area (Å²) in [4.78, 5) is 4.82. The van der Waals surface area contributed by atoms with Gasteiger partial charge in [-0.25, -0.2) is 4.98 Å². The van der Waals surface area contributed by atoms with Crippen LogP contribution in [0.5, 0.6) is 0 Å². The number of benzene rings is 1. The van der Waals surface area contributed by atoms with Crippen molar-refractivity contribution in [3.8, 4) is 23.6 Å². The molecule has 0 bridgehead atoms. The Hall–Kier alpha value is -2.21. The monoisotopic (exact) mass is 265 g/mol. The van der Waals surface area contributed by atoms with Gasteiger partial charge in [-0.15, -0.1) is 6.42 Å². The van der Waals surface area contributed by atoms with Gasteiger partial charge in [0.25, 0.3) is 0 Å². The van der Waals surface area contributed by atoms with Crippen molar-refractivity contribution in [2.45, 2.75) is 39.2 Å². The van der Waals surface area contributed by atoms with Crippen LogP contribution in [-0.2, 0) is 6.54 Å². The Labute approximate surface area is 119 Å². The van der Waals surface area contributed by atoms with E-state index in [1.54, 1.807) is 0 Å². The van der Waals surface area contributed by atoms with Crippen molar-refractivity contribution in [2.24, 2.45) is 0 Å². The Kier molecular flexibility index (Phi) is 3.02. The van der Waals surface area contributed by atoms with E-state index in [0.29, 0.717) is 18.3 Å². The molecule has 0 spiro atoms. The van der Waals surface area contributed by atoms with Gasteiger partial charge in [-0.1, -0.05) is 24.1 Å². The molecule has 0 amide bonds. The zero-order valence-corrected chi connectivity index (χ0v) is 12.0. The summed E-state index contributed by atoms with van der Waals surface area (Å²) < 4.78 is 2.00. The maximum atomic E-state index is 6.33. The van der Waals surface area contributed by atoms with Crippen LogP contribution in [0, 0.1) is 26.2 Å². The molecule has 1 heterocycles. The smallest absolute Gasteiger partial charge is 0.132 e. The van der Waals surface area contributed by atoms with E-state index < -0.39 is 0 Å². The summed E-state index contributed by atoms with van der Waals surface area (Å²) in [6, 6.07) is 6.25. The Morgan fingerprint density at radius 1 is 1.35 bits per heavy atom. The van der Waals surface area contributed by atoms with Gasteiger partial charge in [0.05, 0.1) is 6.54 Å². The molecule has 2 N–H and O–H groups in total. The first kappa shape index (κ1) is 12.8. The molecule has 3 rings (SSSR count). The Morgan fingerprint density at radius 3 is 2.55 bits per heavy atom. The van der Waals surface area contributed by atoms with Gasteiger partial charge in [0.15, 0.2) is 0 Å². The lowest BCUT2D eigenvalue weighted by Crippen LogP contribution is -2.05. The number of hydrogen-bond acceptors (Lipinski definition) is 2. The molecule has 0 atom stereocenters. The van der Waals surface area contributed by atoms with Gasteiger partial charge < -0.3 is 10.3 Å². The van der Waals surface area contributed by atoms with Crippen molar-refractivity contribution >= 4 is 5.82 Å². The van der Waals surface area contributed by atoms with Gasteiger partial charge in [0, 0.05) is 11.5 Å². The van der Waals surface area contributed by atoms with E-state index in [-0.39, 0.29) is 0 Å². The normalized spacial score (nSPS) is 14.2. The second-order valence-electron chi connectivity index (χ2n) is 5.54. The van der Waals surface area contributed by atoms with Gasteiger partial charge in [0.2, 0.25) is 0 Å². The molecule has 0 unspecified atom stereocenters. The number of nitrogen functional groups attached to an aromatic ring is 1. The second-order valence-corrected chi connectivity index (χ2v) is 5.54. The third-order valence-corrected chi connectivity index (χ3v) is 3.95. The summed E-state index contributed by atoms with van der Waals surface area (Å²) in [5.41, 5.74) is 10.8. The highest BCUT2D eigenvalue weighted by Crippen LogP contribution is 2.43. The fourth-order valence-electron chi connectivity index (χ4n) is 2.77. The highest BCUT2D eigenvalue weighted by atomic mass is 15.1. The summed E-state index contributed by atoms with van der Waals surface area (Å²) in [6.45, 7) is 4.69. The molecule has 1 aliphatic carbocycles. The third-order valence-electron chi connectivity index (χ3n) is 3.95. The molecule has 1 aromatic carbocycles. The minimum atomic E-state index is 0.496.